The highest BCUT2D eigenvalue weighted by atomic mass is 19.2. The Kier molecular flexibility index (Phi) is 3.99. The summed E-state index contributed by atoms with van der Waals surface area (Å²) in [6, 6.07) is 8.09. The lowest BCUT2D eigenvalue weighted by Gasteiger charge is -2.30. The molecule has 1 fully saturated rings. The molecule has 1 heterocycles. The zero-order valence-electron chi connectivity index (χ0n) is 10.3. The number of carbonyl (C=O) groups excluding carboxylic acids is 1. The molecule has 2 amide bonds. The molecule has 1 aliphatic heterocycles. The number of benzene rings is 1. The van der Waals surface area contributed by atoms with Crippen LogP contribution < -0.4 is 5.12 Å². The number of piperidine rings is 1. The molecule has 0 spiro atoms. The van der Waals surface area contributed by atoms with Crippen LogP contribution in [0.4, 0.5) is 15.0 Å². The van der Waals surface area contributed by atoms with Crippen molar-refractivity contribution < 1.29 is 19.2 Å². The highest BCUT2D eigenvalue weighted by Gasteiger charge is 2.31. The molecule has 1 N–H and O–H groups in total. The van der Waals surface area contributed by atoms with Crippen molar-refractivity contribution in [2.75, 3.05) is 18.2 Å². The lowest BCUT2D eigenvalue weighted by molar-refractivity contribution is -0.126. The van der Waals surface area contributed by atoms with Gasteiger partial charge in [-0.05, 0) is 25.0 Å². The fourth-order valence-corrected chi connectivity index (χ4v) is 2.16. The summed E-state index contributed by atoms with van der Waals surface area (Å²) in [5.74, 6) is -1.06. The van der Waals surface area contributed by atoms with Crippen molar-refractivity contribution in [3.8, 4) is 0 Å². The molecule has 6 heteroatoms. The number of hydrogen-bond acceptors (Lipinski definition) is 2. The Labute approximate surface area is 110 Å². The molecule has 1 saturated heterocycles. The minimum atomic E-state index is -0.994. The molecule has 0 aromatic heterocycles. The van der Waals surface area contributed by atoms with Gasteiger partial charge in [-0.25, -0.2) is 4.79 Å². The van der Waals surface area contributed by atoms with Crippen molar-refractivity contribution in [1.82, 2.24) is 4.90 Å². The lowest BCUT2D eigenvalue weighted by atomic mass is 9.96. The third-order valence-electron chi connectivity index (χ3n) is 3.29. The Hall–Kier alpha value is -2.11. The molecule has 19 heavy (non-hydrogen) atoms. The van der Waals surface area contributed by atoms with E-state index in [1.807, 2.05) is 0 Å². The number of carbonyl (C=O) groups is 2. The third-order valence-corrected chi connectivity index (χ3v) is 3.29. The van der Waals surface area contributed by atoms with Gasteiger partial charge in [-0.3, -0.25) is 4.79 Å². The zero-order valence-corrected chi connectivity index (χ0v) is 10.3. The van der Waals surface area contributed by atoms with E-state index in [0.29, 0.717) is 12.8 Å². The second-order valence-corrected chi connectivity index (χ2v) is 4.50. The standard InChI is InChI=1S/C13H15FN2O3/c14-16(11-4-2-1-3-5-11)12(17)10-6-8-15(9-7-10)13(18)19/h1-5,10H,6-9H2,(H,18,19). The SMILES string of the molecule is O=C(O)N1CCC(C(=O)N(F)c2ccccc2)CC1. The molecule has 1 aromatic carbocycles. The zero-order chi connectivity index (χ0) is 13.8. The van der Waals surface area contributed by atoms with Gasteiger partial charge in [-0.15, -0.1) is 5.12 Å². The van der Waals surface area contributed by atoms with Gasteiger partial charge in [0.05, 0.1) is 5.69 Å². The number of amides is 2. The normalized spacial score (nSPS) is 16.2. The molecule has 0 radical (unpaired) electrons. The van der Waals surface area contributed by atoms with Gasteiger partial charge < -0.3 is 10.0 Å². The van der Waals surface area contributed by atoms with Crippen LogP contribution in [0.5, 0.6) is 0 Å². The Balaban J connectivity index is 1.96. The number of nitrogens with zero attached hydrogens (tertiary/aromatic N) is 2. The summed E-state index contributed by atoms with van der Waals surface area (Å²) in [4.78, 5) is 23.9. The van der Waals surface area contributed by atoms with Crippen molar-refractivity contribution >= 4 is 17.7 Å². The van der Waals surface area contributed by atoms with E-state index in [0.717, 1.165) is 0 Å². The Morgan fingerprint density at radius 1 is 1.21 bits per heavy atom. The molecule has 0 atom stereocenters. The molecular weight excluding hydrogens is 251 g/mol. The first-order chi connectivity index (χ1) is 9.09. The minimum Gasteiger partial charge on any atom is -0.465 e. The van der Waals surface area contributed by atoms with Gasteiger partial charge in [0.1, 0.15) is 0 Å². The van der Waals surface area contributed by atoms with Crippen molar-refractivity contribution in [2.24, 2.45) is 5.92 Å². The van der Waals surface area contributed by atoms with Crippen molar-refractivity contribution in [1.29, 1.82) is 0 Å². The van der Waals surface area contributed by atoms with Crippen LogP contribution in [0, 0.1) is 5.92 Å². The maximum Gasteiger partial charge on any atom is 0.407 e. The van der Waals surface area contributed by atoms with Crippen LogP contribution in [0.3, 0.4) is 0 Å². The van der Waals surface area contributed by atoms with Crippen LogP contribution in [0.1, 0.15) is 12.8 Å². The first kappa shape index (κ1) is 13.3. The monoisotopic (exact) mass is 266 g/mol. The second-order valence-electron chi connectivity index (χ2n) is 4.50. The molecule has 0 bridgehead atoms. The van der Waals surface area contributed by atoms with Gasteiger partial charge in [-0.2, -0.15) is 0 Å². The molecule has 102 valence electrons. The Morgan fingerprint density at radius 2 is 1.79 bits per heavy atom. The van der Waals surface area contributed by atoms with E-state index in [4.69, 9.17) is 5.11 Å². The smallest absolute Gasteiger partial charge is 0.407 e. The molecule has 0 unspecified atom stereocenters. The van der Waals surface area contributed by atoms with Crippen molar-refractivity contribution in [3.05, 3.63) is 30.3 Å². The molecular formula is C13H15FN2O3. The topological polar surface area (TPSA) is 60.9 Å². The molecule has 1 aliphatic rings. The van der Waals surface area contributed by atoms with Gasteiger partial charge in [0, 0.05) is 19.0 Å². The van der Waals surface area contributed by atoms with E-state index in [2.05, 4.69) is 0 Å². The van der Waals surface area contributed by atoms with Gasteiger partial charge in [0.2, 0.25) is 0 Å². The van der Waals surface area contributed by atoms with E-state index in [-0.39, 0.29) is 23.9 Å². The maximum absolute atomic E-state index is 13.9. The fourth-order valence-electron chi connectivity index (χ4n) is 2.16. The molecule has 0 aliphatic carbocycles. The number of likely N-dealkylation sites (tertiary alicyclic amines) is 1. The summed E-state index contributed by atoms with van der Waals surface area (Å²) in [7, 11) is 0. The van der Waals surface area contributed by atoms with Crippen LogP contribution in [-0.2, 0) is 4.79 Å². The van der Waals surface area contributed by atoms with E-state index in [1.165, 1.54) is 17.0 Å². The molecule has 0 saturated carbocycles. The van der Waals surface area contributed by atoms with Crippen molar-refractivity contribution in [3.63, 3.8) is 0 Å². The summed E-state index contributed by atoms with van der Waals surface area (Å²) >= 11 is 0. The maximum atomic E-state index is 13.9. The first-order valence-electron chi connectivity index (χ1n) is 6.12. The van der Waals surface area contributed by atoms with E-state index < -0.39 is 17.9 Å². The number of hydrogen-bond donors (Lipinski definition) is 1. The van der Waals surface area contributed by atoms with E-state index >= 15 is 0 Å². The number of halogens is 1. The molecule has 5 nitrogen and oxygen atoms in total. The summed E-state index contributed by atoms with van der Waals surface area (Å²) < 4.78 is 13.9. The highest BCUT2D eigenvalue weighted by molar-refractivity contribution is 5.93. The molecule has 1 aromatic rings. The van der Waals surface area contributed by atoms with Gasteiger partial charge >= 0.3 is 6.09 Å². The van der Waals surface area contributed by atoms with Crippen LogP contribution in [0.15, 0.2) is 30.3 Å². The minimum absolute atomic E-state index is 0.154. The molecule has 2 rings (SSSR count). The summed E-state index contributed by atoms with van der Waals surface area (Å²) in [5, 5.41) is 8.96. The average molecular weight is 266 g/mol. The van der Waals surface area contributed by atoms with Crippen LogP contribution >= 0.6 is 0 Å². The quantitative estimate of drug-likeness (QED) is 0.835. The predicted octanol–water partition coefficient (Wildman–Crippen LogP) is 2.29. The van der Waals surface area contributed by atoms with Crippen LogP contribution in [0.25, 0.3) is 0 Å². The number of para-hydroxylation sites is 1. The third kappa shape index (κ3) is 3.01. The number of rotatable bonds is 2. The number of carboxylic acid groups (broad SMARTS) is 1. The largest absolute Gasteiger partial charge is 0.465 e. The predicted molar refractivity (Wildman–Crippen MR) is 67.4 cm³/mol. The van der Waals surface area contributed by atoms with Gasteiger partial charge in [0.15, 0.2) is 0 Å². The van der Waals surface area contributed by atoms with Gasteiger partial charge in [-0.1, -0.05) is 22.7 Å². The Morgan fingerprint density at radius 3 is 2.32 bits per heavy atom. The summed E-state index contributed by atoms with van der Waals surface area (Å²) in [5.41, 5.74) is 0.202. The lowest BCUT2D eigenvalue weighted by Crippen LogP contribution is -2.42. The Bertz CT molecular complexity index is 458. The summed E-state index contributed by atoms with van der Waals surface area (Å²) in [6.45, 7) is 0.544. The highest BCUT2D eigenvalue weighted by Crippen LogP contribution is 2.23. The van der Waals surface area contributed by atoms with Crippen LogP contribution in [-0.4, -0.2) is 35.1 Å². The van der Waals surface area contributed by atoms with E-state index in [1.54, 1.807) is 18.2 Å². The van der Waals surface area contributed by atoms with E-state index in [9.17, 15) is 14.1 Å². The summed E-state index contributed by atoms with van der Waals surface area (Å²) in [6.07, 6.45) is -0.275. The number of anilines is 1. The van der Waals surface area contributed by atoms with Gasteiger partial charge in [0.25, 0.3) is 5.91 Å². The van der Waals surface area contributed by atoms with Crippen LogP contribution in [0.2, 0.25) is 0 Å². The first-order valence-corrected chi connectivity index (χ1v) is 6.12. The fraction of sp³-hybridized carbons (Fsp3) is 0.385. The second kappa shape index (κ2) is 5.69. The average Bonchev–Trinajstić information content (AvgIpc) is 2.46. The van der Waals surface area contributed by atoms with Crippen molar-refractivity contribution in [2.45, 2.75) is 12.8 Å².